The molecule has 1 aliphatic carbocycles. The molecule has 0 atom stereocenters. The van der Waals surface area contributed by atoms with Crippen LogP contribution in [0.1, 0.15) is 35.6 Å². The van der Waals surface area contributed by atoms with Crippen molar-refractivity contribution in [2.75, 3.05) is 0 Å². The molecule has 1 aromatic heterocycles. The van der Waals surface area contributed by atoms with Crippen molar-refractivity contribution in [2.45, 2.75) is 31.5 Å². The molecule has 0 bridgehead atoms. The molecule has 3 aromatic rings. The monoisotopic (exact) mass is 393 g/mol. The molecular weight excluding hydrogens is 379 g/mol. The van der Waals surface area contributed by atoms with E-state index >= 15 is 0 Å². The van der Waals surface area contributed by atoms with Crippen molar-refractivity contribution >= 4 is 11.6 Å². The summed E-state index contributed by atoms with van der Waals surface area (Å²) in [4.78, 5) is 0. The molecule has 7 heteroatoms. The molecule has 0 saturated heterocycles. The molecule has 1 saturated carbocycles. The number of aromatic nitrogens is 1. The first kappa shape index (κ1) is 17.9. The number of ether oxygens (including phenoxy) is 1. The lowest BCUT2D eigenvalue weighted by Gasteiger charge is -2.12. The fourth-order valence-electron chi connectivity index (χ4n) is 2.99. The summed E-state index contributed by atoms with van der Waals surface area (Å²) in [5.74, 6) is 1.31. The lowest BCUT2D eigenvalue weighted by molar-refractivity contribution is -0.137. The van der Waals surface area contributed by atoms with Crippen molar-refractivity contribution in [3.63, 3.8) is 0 Å². The van der Waals surface area contributed by atoms with Gasteiger partial charge in [0, 0.05) is 16.5 Å². The zero-order valence-corrected chi connectivity index (χ0v) is 14.8. The number of rotatable bonds is 5. The maximum atomic E-state index is 13.4. The molecule has 0 N–H and O–H groups in total. The largest absolute Gasteiger partial charge is 0.489 e. The van der Waals surface area contributed by atoms with E-state index in [0.29, 0.717) is 22.1 Å². The number of benzene rings is 2. The Kier molecular flexibility index (Phi) is 4.60. The van der Waals surface area contributed by atoms with Gasteiger partial charge in [0.25, 0.3) is 0 Å². The SMILES string of the molecule is FC(F)(F)c1ccccc1-c1noc(C2CC2)c1COc1cccc(Cl)c1. The van der Waals surface area contributed by atoms with Crippen LogP contribution in [0.2, 0.25) is 5.02 Å². The molecule has 0 radical (unpaired) electrons. The van der Waals surface area contributed by atoms with Gasteiger partial charge in [0.2, 0.25) is 0 Å². The molecule has 1 fully saturated rings. The second-order valence-corrected chi connectivity index (χ2v) is 6.87. The molecular formula is C20H15ClF3NO2. The van der Waals surface area contributed by atoms with Gasteiger partial charge in [-0.25, -0.2) is 0 Å². The minimum atomic E-state index is -4.49. The average Bonchev–Trinajstić information content (AvgIpc) is 3.39. The zero-order chi connectivity index (χ0) is 19.0. The summed E-state index contributed by atoms with van der Waals surface area (Å²) in [5, 5.41) is 4.49. The van der Waals surface area contributed by atoms with Crippen molar-refractivity contribution in [1.29, 1.82) is 0 Å². The first-order valence-corrected chi connectivity index (χ1v) is 8.84. The lowest BCUT2D eigenvalue weighted by atomic mass is 9.99. The topological polar surface area (TPSA) is 35.3 Å². The van der Waals surface area contributed by atoms with Crippen LogP contribution < -0.4 is 4.74 Å². The van der Waals surface area contributed by atoms with E-state index in [2.05, 4.69) is 5.16 Å². The van der Waals surface area contributed by atoms with E-state index in [9.17, 15) is 13.2 Å². The van der Waals surface area contributed by atoms with E-state index in [0.717, 1.165) is 18.9 Å². The Morgan fingerprint density at radius 2 is 1.89 bits per heavy atom. The predicted octanol–water partition coefficient (Wildman–Crippen LogP) is 6.47. The summed E-state index contributed by atoms with van der Waals surface area (Å²) in [7, 11) is 0. The highest BCUT2D eigenvalue weighted by atomic mass is 35.5. The summed E-state index contributed by atoms with van der Waals surface area (Å²) in [6.45, 7) is 0.0528. The quantitative estimate of drug-likeness (QED) is 0.498. The van der Waals surface area contributed by atoms with E-state index in [1.165, 1.54) is 12.1 Å². The van der Waals surface area contributed by atoms with Gasteiger partial charge < -0.3 is 9.26 Å². The van der Waals surface area contributed by atoms with Gasteiger partial charge in [-0.05, 0) is 37.1 Å². The van der Waals surface area contributed by atoms with Gasteiger partial charge in [-0.3, -0.25) is 0 Å². The number of alkyl halides is 3. The van der Waals surface area contributed by atoms with Crippen LogP contribution in [0.25, 0.3) is 11.3 Å². The summed E-state index contributed by atoms with van der Waals surface area (Å²) >= 11 is 5.96. The first-order chi connectivity index (χ1) is 12.9. The molecule has 1 aliphatic rings. The van der Waals surface area contributed by atoms with E-state index in [1.54, 1.807) is 30.3 Å². The van der Waals surface area contributed by atoms with Crippen LogP contribution in [-0.4, -0.2) is 5.16 Å². The van der Waals surface area contributed by atoms with E-state index in [4.69, 9.17) is 20.9 Å². The van der Waals surface area contributed by atoms with Crippen LogP contribution in [0.4, 0.5) is 13.2 Å². The van der Waals surface area contributed by atoms with Crippen LogP contribution in [0, 0.1) is 0 Å². The summed E-state index contributed by atoms with van der Waals surface area (Å²) in [6.07, 6.45) is -2.63. The van der Waals surface area contributed by atoms with Gasteiger partial charge in [0.15, 0.2) is 0 Å². The molecule has 1 heterocycles. The van der Waals surface area contributed by atoms with Crippen molar-refractivity contribution in [1.82, 2.24) is 5.16 Å². The fraction of sp³-hybridized carbons (Fsp3) is 0.250. The Balaban J connectivity index is 1.73. The number of hydrogen-bond acceptors (Lipinski definition) is 3. The van der Waals surface area contributed by atoms with Crippen molar-refractivity contribution in [3.8, 4) is 17.0 Å². The van der Waals surface area contributed by atoms with Crippen molar-refractivity contribution in [3.05, 3.63) is 70.4 Å². The van der Waals surface area contributed by atoms with E-state index in [-0.39, 0.29) is 23.8 Å². The number of nitrogens with zero attached hydrogens (tertiary/aromatic N) is 1. The third-order valence-corrected chi connectivity index (χ3v) is 4.67. The summed E-state index contributed by atoms with van der Waals surface area (Å²) in [6, 6.07) is 12.2. The highest BCUT2D eigenvalue weighted by Crippen LogP contribution is 2.45. The van der Waals surface area contributed by atoms with Crippen LogP contribution >= 0.6 is 11.6 Å². The smallest absolute Gasteiger partial charge is 0.417 e. The second kappa shape index (κ2) is 6.93. The van der Waals surface area contributed by atoms with Crippen LogP contribution in [0.15, 0.2) is 53.1 Å². The molecule has 3 nitrogen and oxygen atoms in total. The average molecular weight is 394 g/mol. The van der Waals surface area contributed by atoms with Crippen LogP contribution in [-0.2, 0) is 12.8 Å². The van der Waals surface area contributed by atoms with Crippen molar-refractivity contribution in [2.24, 2.45) is 0 Å². The Bertz CT molecular complexity index is 964. The highest BCUT2D eigenvalue weighted by molar-refractivity contribution is 6.30. The Hall–Kier alpha value is -2.47. The van der Waals surface area contributed by atoms with Gasteiger partial charge in [0.1, 0.15) is 23.8 Å². The maximum Gasteiger partial charge on any atom is 0.417 e. The molecule has 140 valence electrons. The molecule has 4 rings (SSSR count). The van der Waals surface area contributed by atoms with Gasteiger partial charge >= 0.3 is 6.18 Å². The third-order valence-electron chi connectivity index (χ3n) is 4.43. The lowest BCUT2D eigenvalue weighted by Crippen LogP contribution is -2.08. The Labute approximate surface area is 158 Å². The minimum Gasteiger partial charge on any atom is -0.489 e. The van der Waals surface area contributed by atoms with Crippen LogP contribution in [0.5, 0.6) is 5.75 Å². The van der Waals surface area contributed by atoms with E-state index in [1.807, 2.05) is 0 Å². The highest BCUT2D eigenvalue weighted by Gasteiger charge is 2.37. The van der Waals surface area contributed by atoms with Crippen molar-refractivity contribution < 1.29 is 22.4 Å². The summed E-state index contributed by atoms with van der Waals surface area (Å²) < 4.78 is 51.5. The zero-order valence-electron chi connectivity index (χ0n) is 14.1. The predicted molar refractivity (Wildman–Crippen MR) is 94.7 cm³/mol. The standard InChI is InChI=1S/C20H15ClF3NO2/c21-13-4-3-5-14(10-13)26-11-16-18(25-27-19(16)12-8-9-12)15-6-1-2-7-17(15)20(22,23)24/h1-7,10,12H,8-9,11H2. The third kappa shape index (κ3) is 3.81. The Morgan fingerprint density at radius 3 is 2.59 bits per heavy atom. The number of halogens is 4. The molecule has 0 aliphatic heterocycles. The van der Waals surface area contributed by atoms with Gasteiger partial charge in [0.05, 0.1) is 11.1 Å². The first-order valence-electron chi connectivity index (χ1n) is 8.47. The number of hydrogen-bond donors (Lipinski definition) is 0. The van der Waals surface area contributed by atoms with Gasteiger partial charge in [-0.2, -0.15) is 13.2 Å². The Morgan fingerprint density at radius 1 is 1.11 bits per heavy atom. The molecule has 0 amide bonds. The molecule has 0 unspecified atom stereocenters. The van der Waals surface area contributed by atoms with Gasteiger partial charge in [-0.1, -0.05) is 41.0 Å². The maximum absolute atomic E-state index is 13.4. The van der Waals surface area contributed by atoms with E-state index < -0.39 is 11.7 Å². The summed E-state index contributed by atoms with van der Waals surface area (Å²) in [5.41, 5.74) is -0.0315. The van der Waals surface area contributed by atoms with Gasteiger partial charge in [-0.15, -0.1) is 0 Å². The second-order valence-electron chi connectivity index (χ2n) is 6.44. The molecule has 27 heavy (non-hydrogen) atoms. The van der Waals surface area contributed by atoms with Crippen LogP contribution in [0.3, 0.4) is 0 Å². The molecule has 0 spiro atoms. The minimum absolute atomic E-state index is 0.00894. The molecule has 2 aromatic carbocycles. The normalized spacial score (nSPS) is 14.4. The fourth-order valence-corrected chi connectivity index (χ4v) is 3.17.